The van der Waals surface area contributed by atoms with Crippen LogP contribution < -0.4 is 14.4 Å². The van der Waals surface area contributed by atoms with Gasteiger partial charge in [0.25, 0.3) is 0 Å². The van der Waals surface area contributed by atoms with Gasteiger partial charge in [-0.2, -0.15) is 0 Å². The summed E-state index contributed by atoms with van der Waals surface area (Å²) in [4.78, 5) is 37.2. The minimum absolute atomic E-state index is 0.00527. The van der Waals surface area contributed by atoms with E-state index >= 15 is 0 Å². The van der Waals surface area contributed by atoms with Gasteiger partial charge in [0.05, 0.1) is 24.0 Å². The summed E-state index contributed by atoms with van der Waals surface area (Å²) in [6.07, 6.45) is -0.00527. The van der Waals surface area contributed by atoms with Gasteiger partial charge in [0.15, 0.2) is 0 Å². The first-order chi connectivity index (χ1) is 13.8. The number of benzene rings is 2. The Balaban J connectivity index is 1.76. The highest BCUT2D eigenvalue weighted by atomic mass is 16.6. The molecule has 0 aromatic heterocycles. The maximum Gasteiger partial charge on any atom is 0.316 e. The van der Waals surface area contributed by atoms with Crippen molar-refractivity contribution in [2.45, 2.75) is 26.2 Å². The average molecular weight is 398 g/mol. The summed E-state index contributed by atoms with van der Waals surface area (Å²) in [7, 11) is 1.39. The van der Waals surface area contributed by atoms with Crippen molar-refractivity contribution < 1.29 is 24.0 Å². The quantitative estimate of drug-likeness (QED) is 0.318. The Morgan fingerprint density at radius 2 is 2.00 bits per heavy atom. The van der Waals surface area contributed by atoms with Gasteiger partial charge in [-0.25, -0.2) is 0 Å². The number of amides is 1. The summed E-state index contributed by atoms with van der Waals surface area (Å²) in [6.45, 7) is 4.29. The molecule has 1 saturated heterocycles. The number of carbonyl (C=O) groups excluding carboxylic acids is 2. The normalized spacial score (nSPS) is 16.2. The number of nitro groups is 1. The van der Waals surface area contributed by atoms with E-state index in [0.717, 1.165) is 11.3 Å². The molecule has 1 aliphatic rings. The lowest BCUT2D eigenvalue weighted by Crippen LogP contribution is -2.27. The van der Waals surface area contributed by atoms with Crippen LogP contribution in [0.2, 0.25) is 0 Å². The van der Waals surface area contributed by atoms with Crippen molar-refractivity contribution in [1.82, 2.24) is 0 Å². The third kappa shape index (κ3) is 4.37. The van der Waals surface area contributed by atoms with Gasteiger partial charge in [0.1, 0.15) is 5.75 Å². The second kappa shape index (κ2) is 8.30. The minimum Gasteiger partial charge on any atom is -0.496 e. The van der Waals surface area contributed by atoms with Crippen LogP contribution >= 0.6 is 0 Å². The molecule has 3 rings (SSSR count). The maximum absolute atomic E-state index is 12.6. The van der Waals surface area contributed by atoms with Gasteiger partial charge in [-0.1, -0.05) is 26.0 Å². The van der Waals surface area contributed by atoms with E-state index < -0.39 is 16.8 Å². The molecule has 152 valence electrons. The van der Waals surface area contributed by atoms with Crippen LogP contribution in [0, 0.1) is 16.0 Å². The molecule has 0 radical (unpaired) electrons. The number of hydrogen-bond acceptors (Lipinski definition) is 6. The molecule has 8 heteroatoms. The molecule has 0 aliphatic carbocycles. The molecule has 2 aromatic rings. The van der Waals surface area contributed by atoms with E-state index in [4.69, 9.17) is 9.47 Å². The Morgan fingerprint density at radius 1 is 1.24 bits per heavy atom. The minimum atomic E-state index is -0.702. The number of anilines is 1. The molecule has 1 amide bonds. The molecule has 1 fully saturated rings. The topological polar surface area (TPSA) is 99.0 Å². The fourth-order valence-electron chi connectivity index (χ4n) is 3.21. The molecule has 2 aromatic carbocycles. The second-order valence-electron chi connectivity index (χ2n) is 7.17. The highest BCUT2D eigenvalue weighted by Crippen LogP contribution is 2.33. The number of nitrogens with zero attached hydrogens (tertiary/aromatic N) is 2. The lowest BCUT2D eigenvalue weighted by Gasteiger charge is -2.18. The van der Waals surface area contributed by atoms with Crippen molar-refractivity contribution in [2.75, 3.05) is 18.6 Å². The Labute approximate surface area is 168 Å². The summed E-state index contributed by atoms with van der Waals surface area (Å²) in [5.41, 5.74) is 1.45. The van der Waals surface area contributed by atoms with E-state index in [0.29, 0.717) is 5.92 Å². The molecule has 0 saturated carbocycles. The number of nitro benzene ring substituents is 1. The van der Waals surface area contributed by atoms with E-state index in [1.54, 1.807) is 4.90 Å². The fourth-order valence-corrected chi connectivity index (χ4v) is 3.21. The Hall–Kier alpha value is -3.42. The number of rotatable bonds is 6. The largest absolute Gasteiger partial charge is 0.496 e. The van der Waals surface area contributed by atoms with Crippen molar-refractivity contribution in [3.05, 3.63) is 58.1 Å². The van der Waals surface area contributed by atoms with Crippen molar-refractivity contribution in [3.63, 3.8) is 0 Å². The van der Waals surface area contributed by atoms with Crippen molar-refractivity contribution in [1.29, 1.82) is 0 Å². The third-order valence-electron chi connectivity index (χ3n) is 4.88. The summed E-state index contributed by atoms with van der Waals surface area (Å²) in [5, 5.41) is 11.3. The first-order valence-corrected chi connectivity index (χ1v) is 9.24. The fraction of sp³-hybridized carbons (Fsp3) is 0.333. The number of hydrogen-bond donors (Lipinski definition) is 0. The van der Waals surface area contributed by atoms with Crippen LogP contribution in [0.1, 0.15) is 31.7 Å². The first-order valence-electron chi connectivity index (χ1n) is 9.24. The van der Waals surface area contributed by atoms with Gasteiger partial charge in [0.2, 0.25) is 11.7 Å². The first kappa shape index (κ1) is 20.3. The summed E-state index contributed by atoms with van der Waals surface area (Å²) >= 11 is 0. The summed E-state index contributed by atoms with van der Waals surface area (Å²) in [5.74, 6) is -1.14. The monoisotopic (exact) mass is 398 g/mol. The predicted octanol–water partition coefficient (Wildman–Crippen LogP) is 3.69. The van der Waals surface area contributed by atoms with Crippen LogP contribution in [-0.4, -0.2) is 30.5 Å². The average Bonchev–Trinajstić information content (AvgIpc) is 3.10. The molecule has 0 bridgehead atoms. The van der Waals surface area contributed by atoms with Gasteiger partial charge < -0.3 is 14.4 Å². The Kier molecular flexibility index (Phi) is 5.81. The lowest BCUT2D eigenvalue weighted by atomic mass is 10.0. The van der Waals surface area contributed by atoms with Gasteiger partial charge in [-0.3, -0.25) is 19.7 Å². The molecule has 1 aliphatic heterocycles. The molecular formula is C21H22N2O6. The predicted molar refractivity (Wildman–Crippen MR) is 106 cm³/mol. The molecule has 1 atom stereocenters. The number of methoxy groups -OCH3 is 1. The van der Waals surface area contributed by atoms with E-state index in [9.17, 15) is 19.7 Å². The van der Waals surface area contributed by atoms with Crippen LogP contribution in [0.25, 0.3) is 0 Å². The second-order valence-corrected chi connectivity index (χ2v) is 7.17. The lowest BCUT2D eigenvalue weighted by molar-refractivity contribution is -0.385. The smallest absolute Gasteiger partial charge is 0.316 e. The van der Waals surface area contributed by atoms with E-state index in [2.05, 4.69) is 13.8 Å². The highest BCUT2D eigenvalue weighted by molar-refractivity contribution is 5.99. The molecular weight excluding hydrogens is 376 g/mol. The van der Waals surface area contributed by atoms with E-state index in [1.165, 1.54) is 25.3 Å². The number of ether oxygens (including phenoxy) is 2. The Morgan fingerprint density at radius 3 is 2.66 bits per heavy atom. The third-order valence-corrected chi connectivity index (χ3v) is 4.88. The van der Waals surface area contributed by atoms with E-state index in [-0.39, 0.29) is 36.1 Å². The zero-order chi connectivity index (χ0) is 21.1. The van der Waals surface area contributed by atoms with Crippen LogP contribution in [0.5, 0.6) is 11.5 Å². The van der Waals surface area contributed by atoms with Gasteiger partial charge >= 0.3 is 11.7 Å². The zero-order valence-corrected chi connectivity index (χ0v) is 16.5. The van der Waals surface area contributed by atoms with Gasteiger partial charge in [-0.15, -0.1) is 0 Å². The zero-order valence-electron chi connectivity index (χ0n) is 16.5. The number of esters is 1. The van der Waals surface area contributed by atoms with Gasteiger partial charge in [-0.05, 0) is 35.7 Å². The summed E-state index contributed by atoms with van der Waals surface area (Å²) in [6, 6.07) is 11.6. The summed E-state index contributed by atoms with van der Waals surface area (Å²) < 4.78 is 10.2. The van der Waals surface area contributed by atoms with Crippen molar-refractivity contribution >= 4 is 23.3 Å². The molecule has 29 heavy (non-hydrogen) atoms. The van der Waals surface area contributed by atoms with E-state index in [1.807, 2.05) is 24.3 Å². The van der Waals surface area contributed by atoms with Crippen molar-refractivity contribution in [3.8, 4) is 11.5 Å². The molecule has 1 heterocycles. The van der Waals surface area contributed by atoms with Crippen LogP contribution in [0.4, 0.5) is 11.4 Å². The van der Waals surface area contributed by atoms with Crippen LogP contribution in [-0.2, 0) is 9.59 Å². The highest BCUT2D eigenvalue weighted by Gasteiger charge is 2.37. The molecule has 8 nitrogen and oxygen atoms in total. The molecule has 0 spiro atoms. The molecule has 0 N–H and O–H groups in total. The van der Waals surface area contributed by atoms with Gasteiger partial charge in [0, 0.05) is 18.7 Å². The maximum atomic E-state index is 12.6. The van der Waals surface area contributed by atoms with Crippen LogP contribution in [0.15, 0.2) is 42.5 Å². The van der Waals surface area contributed by atoms with Crippen molar-refractivity contribution in [2.24, 2.45) is 5.92 Å². The molecule has 1 unspecified atom stereocenters. The van der Waals surface area contributed by atoms with Crippen LogP contribution in [0.3, 0.4) is 0 Å². The SMILES string of the molecule is COc1ccc(OC(=O)C2CC(=O)N(c3cccc(C(C)C)c3)C2)c([N+](=O)[O-])c1. The Bertz CT molecular complexity index is 956. The number of carbonyl (C=O) groups is 2. The standard InChI is InChI=1S/C21H22N2O6/c1-13(2)14-5-4-6-16(9-14)22-12-15(10-20(22)24)21(25)29-19-8-7-17(28-3)11-18(19)23(26)27/h4-9,11,13,15H,10,12H2,1-3H3.